The lowest BCUT2D eigenvalue weighted by Gasteiger charge is -2.29. The Morgan fingerprint density at radius 2 is 1.41 bits per heavy atom. The van der Waals surface area contributed by atoms with Gasteiger partial charge in [0.05, 0.1) is 0 Å². The molecule has 122 valence electrons. The molecule has 0 aliphatic carbocycles. The fourth-order valence-corrected chi connectivity index (χ4v) is 2.69. The van der Waals surface area contributed by atoms with Crippen LogP contribution >= 0.6 is 0 Å². The summed E-state index contributed by atoms with van der Waals surface area (Å²) in [4.78, 5) is 13.8. The average Bonchev–Trinajstić information content (AvgIpc) is 2.50. The average molecular weight is 306 g/mol. The zero-order valence-electron chi connectivity index (χ0n) is 12.9. The Morgan fingerprint density at radius 1 is 0.909 bits per heavy atom. The molecule has 1 saturated heterocycles. The largest absolute Gasteiger partial charge is 0.480 e. The van der Waals surface area contributed by atoms with Crippen LogP contribution in [0.15, 0.2) is 30.3 Å². The van der Waals surface area contributed by atoms with Crippen LogP contribution in [0.3, 0.4) is 0 Å². The molecular weight excluding hydrogens is 280 g/mol. The number of benzene rings is 1. The third-order valence-electron chi connectivity index (χ3n) is 3.82. The normalized spacial score (nSPS) is 20.5. The molecule has 1 aliphatic rings. The third kappa shape index (κ3) is 5.38. The molecule has 6 heteroatoms. The Balaban J connectivity index is 2.06. The van der Waals surface area contributed by atoms with Gasteiger partial charge in [-0.1, -0.05) is 30.3 Å². The molecule has 6 nitrogen and oxygen atoms in total. The van der Waals surface area contributed by atoms with Gasteiger partial charge in [0, 0.05) is 52.4 Å². The molecule has 0 saturated carbocycles. The van der Waals surface area contributed by atoms with Gasteiger partial charge in [-0.2, -0.15) is 0 Å². The summed E-state index contributed by atoms with van der Waals surface area (Å²) in [5, 5.41) is 19.7. The molecular formula is C16H26N4O2. The van der Waals surface area contributed by atoms with E-state index in [1.807, 2.05) is 35.2 Å². The highest BCUT2D eigenvalue weighted by Crippen LogP contribution is 2.20. The maximum atomic E-state index is 11.8. The summed E-state index contributed by atoms with van der Waals surface area (Å²) in [6, 6.07) is 8.88. The van der Waals surface area contributed by atoms with Crippen LogP contribution in [0.25, 0.3) is 0 Å². The SMILES string of the molecule is O=C(O)C(c1ccccc1)N1CCNCCNCCNCC1. The van der Waals surface area contributed by atoms with E-state index in [2.05, 4.69) is 16.0 Å². The Hall–Kier alpha value is -1.47. The number of carbonyl (C=O) groups is 1. The fourth-order valence-electron chi connectivity index (χ4n) is 2.69. The molecule has 1 aromatic carbocycles. The van der Waals surface area contributed by atoms with Gasteiger partial charge in [0.25, 0.3) is 0 Å². The molecule has 1 aliphatic heterocycles. The molecule has 22 heavy (non-hydrogen) atoms. The highest BCUT2D eigenvalue weighted by atomic mass is 16.4. The molecule has 1 unspecified atom stereocenters. The molecule has 0 aromatic heterocycles. The second kappa shape index (κ2) is 9.53. The van der Waals surface area contributed by atoms with E-state index in [1.165, 1.54) is 0 Å². The molecule has 1 atom stereocenters. The van der Waals surface area contributed by atoms with Gasteiger partial charge < -0.3 is 21.1 Å². The number of carboxylic acids is 1. The summed E-state index contributed by atoms with van der Waals surface area (Å²) in [5.41, 5.74) is 0.837. The van der Waals surface area contributed by atoms with E-state index in [9.17, 15) is 9.90 Å². The molecule has 1 fully saturated rings. The lowest BCUT2D eigenvalue weighted by atomic mass is 10.1. The lowest BCUT2D eigenvalue weighted by Crippen LogP contribution is -2.44. The smallest absolute Gasteiger partial charge is 0.325 e. The number of hydrogen-bond donors (Lipinski definition) is 4. The van der Waals surface area contributed by atoms with Crippen LogP contribution in [-0.4, -0.2) is 68.3 Å². The van der Waals surface area contributed by atoms with Crippen molar-refractivity contribution in [1.29, 1.82) is 0 Å². The van der Waals surface area contributed by atoms with Gasteiger partial charge in [-0.05, 0) is 5.56 Å². The predicted molar refractivity (Wildman–Crippen MR) is 87.0 cm³/mol. The van der Waals surface area contributed by atoms with Crippen molar-refractivity contribution in [2.75, 3.05) is 52.4 Å². The number of carboxylic acid groups (broad SMARTS) is 1. The summed E-state index contributed by atoms with van der Waals surface area (Å²) >= 11 is 0. The summed E-state index contributed by atoms with van der Waals surface area (Å²) < 4.78 is 0. The molecule has 1 aromatic rings. The summed E-state index contributed by atoms with van der Waals surface area (Å²) in [5.74, 6) is -0.792. The quantitative estimate of drug-likeness (QED) is 0.625. The van der Waals surface area contributed by atoms with Crippen molar-refractivity contribution in [2.45, 2.75) is 6.04 Å². The minimum Gasteiger partial charge on any atom is -0.480 e. The first-order chi connectivity index (χ1) is 10.8. The van der Waals surface area contributed by atoms with Crippen molar-refractivity contribution in [3.8, 4) is 0 Å². The molecule has 0 amide bonds. The summed E-state index contributed by atoms with van der Waals surface area (Å²) in [7, 11) is 0. The first-order valence-corrected chi connectivity index (χ1v) is 7.93. The lowest BCUT2D eigenvalue weighted by molar-refractivity contribution is -0.143. The number of nitrogens with one attached hydrogen (secondary N) is 3. The Kier molecular flexibility index (Phi) is 7.32. The van der Waals surface area contributed by atoms with Gasteiger partial charge in [-0.25, -0.2) is 0 Å². The van der Waals surface area contributed by atoms with Crippen LogP contribution in [0.1, 0.15) is 11.6 Å². The Morgan fingerprint density at radius 3 is 1.91 bits per heavy atom. The van der Waals surface area contributed by atoms with E-state index in [4.69, 9.17) is 0 Å². The standard InChI is InChI=1S/C16H26N4O2/c21-16(22)15(14-4-2-1-3-5-14)20-12-10-18-8-6-17-7-9-19-11-13-20/h1-5,15,17-19H,6-13H2,(H,21,22). The number of hydrogen-bond acceptors (Lipinski definition) is 5. The van der Waals surface area contributed by atoms with Gasteiger partial charge >= 0.3 is 5.97 Å². The van der Waals surface area contributed by atoms with Gasteiger partial charge in [0.1, 0.15) is 6.04 Å². The maximum Gasteiger partial charge on any atom is 0.325 e. The van der Waals surface area contributed by atoms with Crippen LogP contribution in [0.2, 0.25) is 0 Å². The zero-order chi connectivity index (χ0) is 15.6. The minimum atomic E-state index is -0.792. The second-order valence-electron chi connectivity index (χ2n) is 5.44. The van der Waals surface area contributed by atoms with Crippen LogP contribution in [0, 0.1) is 0 Å². The van der Waals surface area contributed by atoms with E-state index in [1.54, 1.807) is 0 Å². The van der Waals surface area contributed by atoms with Crippen LogP contribution in [0.5, 0.6) is 0 Å². The molecule has 2 rings (SSSR count). The molecule has 0 spiro atoms. The molecule has 4 N–H and O–H groups in total. The predicted octanol–water partition coefficient (Wildman–Crippen LogP) is -0.103. The highest BCUT2D eigenvalue weighted by molar-refractivity contribution is 5.75. The van der Waals surface area contributed by atoms with E-state index in [0.29, 0.717) is 13.1 Å². The monoisotopic (exact) mass is 306 g/mol. The van der Waals surface area contributed by atoms with Gasteiger partial charge in [0.15, 0.2) is 0 Å². The van der Waals surface area contributed by atoms with Crippen molar-refractivity contribution < 1.29 is 9.90 Å². The number of aliphatic carboxylic acids is 1. The summed E-state index contributed by atoms with van der Waals surface area (Å²) in [6.07, 6.45) is 0. The van der Waals surface area contributed by atoms with Gasteiger partial charge in [0.2, 0.25) is 0 Å². The molecule has 0 bridgehead atoms. The van der Waals surface area contributed by atoms with E-state index in [0.717, 1.165) is 44.8 Å². The van der Waals surface area contributed by atoms with Crippen molar-refractivity contribution in [1.82, 2.24) is 20.9 Å². The Bertz CT molecular complexity index is 429. The first kappa shape index (κ1) is 16.9. The zero-order valence-corrected chi connectivity index (χ0v) is 12.9. The molecule has 0 radical (unpaired) electrons. The van der Waals surface area contributed by atoms with Crippen LogP contribution in [0.4, 0.5) is 0 Å². The number of rotatable bonds is 3. The first-order valence-electron chi connectivity index (χ1n) is 7.93. The fraction of sp³-hybridized carbons (Fsp3) is 0.562. The molecule has 1 heterocycles. The van der Waals surface area contributed by atoms with Crippen molar-refractivity contribution in [3.05, 3.63) is 35.9 Å². The Labute approximate surface area is 131 Å². The summed E-state index contributed by atoms with van der Waals surface area (Å²) in [6.45, 7) is 6.68. The second-order valence-corrected chi connectivity index (χ2v) is 5.44. The topological polar surface area (TPSA) is 76.6 Å². The van der Waals surface area contributed by atoms with Gasteiger partial charge in [-0.3, -0.25) is 9.69 Å². The van der Waals surface area contributed by atoms with Crippen LogP contribution < -0.4 is 16.0 Å². The highest BCUT2D eigenvalue weighted by Gasteiger charge is 2.26. The van der Waals surface area contributed by atoms with Crippen molar-refractivity contribution in [3.63, 3.8) is 0 Å². The van der Waals surface area contributed by atoms with Gasteiger partial charge in [-0.15, -0.1) is 0 Å². The van der Waals surface area contributed by atoms with Crippen molar-refractivity contribution >= 4 is 5.97 Å². The van der Waals surface area contributed by atoms with E-state index in [-0.39, 0.29) is 0 Å². The van der Waals surface area contributed by atoms with E-state index < -0.39 is 12.0 Å². The minimum absolute atomic E-state index is 0.592. The van der Waals surface area contributed by atoms with Crippen LogP contribution in [-0.2, 0) is 4.79 Å². The van der Waals surface area contributed by atoms with E-state index >= 15 is 0 Å². The third-order valence-corrected chi connectivity index (χ3v) is 3.82. The maximum absolute atomic E-state index is 11.8. The number of nitrogens with zero attached hydrogens (tertiary/aromatic N) is 1. The van der Waals surface area contributed by atoms with Crippen molar-refractivity contribution in [2.24, 2.45) is 0 Å².